The van der Waals surface area contributed by atoms with Crippen LogP contribution >= 0.6 is 0 Å². The van der Waals surface area contributed by atoms with Crippen molar-refractivity contribution in [3.63, 3.8) is 0 Å². The van der Waals surface area contributed by atoms with Crippen molar-refractivity contribution in [3.05, 3.63) is 12.0 Å². The van der Waals surface area contributed by atoms with Gasteiger partial charge < -0.3 is 14.2 Å². The van der Waals surface area contributed by atoms with Gasteiger partial charge in [0.25, 0.3) is 5.89 Å². The van der Waals surface area contributed by atoms with Gasteiger partial charge in [0.2, 0.25) is 0 Å². The average molecular weight is 360 g/mol. The number of hydrogen-bond donors (Lipinski definition) is 0. The fourth-order valence-corrected chi connectivity index (χ4v) is 3.91. The van der Waals surface area contributed by atoms with E-state index in [1.807, 2.05) is 6.20 Å². The van der Waals surface area contributed by atoms with Gasteiger partial charge in [0.05, 0.1) is 18.8 Å². The van der Waals surface area contributed by atoms with Crippen molar-refractivity contribution in [2.75, 3.05) is 26.2 Å². The van der Waals surface area contributed by atoms with Gasteiger partial charge >= 0.3 is 0 Å². The highest BCUT2D eigenvalue weighted by Gasteiger charge is 2.22. The number of likely N-dealkylation sites (tertiary alicyclic amines) is 1. The first kappa shape index (κ1) is 17.6. The molecule has 26 heavy (non-hydrogen) atoms. The normalized spacial score (nSPS) is 22.3. The smallest absolute Gasteiger partial charge is 0.280 e. The second-order valence-electron chi connectivity index (χ2n) is 7.47. The molecule has 2 aliphatic rings. The Morgan fingerprint density at radius 2 is 2.12 bits per heavy atom. The van der Waals surface area contributed by atoms with Crippen LogP contribution in [0.5, 0.6) is 0 Å². The van der Waals surface area contributed by atoms with Gasteiger partial charge in [0, 0.05) is 13.0 Å². The van der Waals surface area contributed by atoms with Crippen molar-refractivity contribution in [2.45, 2.75) is 58.1 Å². The van der Waals surface area contributed by atoms with Crippen LogP contribution in [0.3, 0.4) is 0 Å². The molecule has 0 bridgehead atoms. The molecule has 8 nitrogen and oxygen atoms in total. The lowest BCUT2D eigenvalue weighted by Crippen LogP contribution is -2.34. The summed E-state index contributed by atoms with van der Waals surface area (Å²) in [6.45, 7) is 7.38. The second kappa shape index (κ2) is 8.26. The summed E-state index contributed by atoms with van der Waals surface area (Å²) < 4.78 is 12.9. The van der Waals surface area contributed by atoms with Gasteiger partial charge in [-0.2, -0.15) is 4.98 Å². The number of ether oxygens (including phenoxy) is 1. The van der Waals surface area contributed by atoms with Crippen LogP contribution in [0.1, 0.15) is 44.9 Å². The molecule has 2 fully saturated rings. The van der Waals surface area contributed by atoms with Crippen LogP contribution in [0.4, 0.5) is 0 Å². The van der Waals surface area contributed by atoms with Crippen LogP contribution in [0, 0.1) is 5.92 Å². The van der Waals surface area contributed by atoms with Gasteiger partial charge in [-0.25, -0.2) is 4.68 Å². The van der Waals surface area contributed by atoms with Crippen molar-refractivity contribution < 1.29 is 9.26 Å². The van der Waals surface area contributed by atoms with Crippen LogP contribution in [-0.2, 0) is 17.7 Å². The summed E-state index contributed by atoms with van der Waals surface area (Å²) in [7, 11) is 0. The largest absolute Gasteiger partial charge is 0.376 e. The summed E-state index contributed by atoms with van der Waals surface area (Å²) in [6, 6.07) is 0. The molecule has 1 atom stereocenters. The molecule has 0 spiro atoms. The molecule has 4 heterocycles. The van der Waals surface area contributed by atoms with Gasteiger partial charge in [-0.05, 0) is 57.7 Å². The standard InChI is InChI=1S/C18H28N6O2/c1-2-7-23-8-5-14(6-9-23)11-17-19-18(26-21-17)16-13-24(22-20-16)12-15-4-3-10-25-15/h13-15H,2-12H2,1H3/t15-/m1/s1. The van der Waals surface area contributed by atoms with Gasteiger partial charge in [0.1, 0.15) is 0 Å². The van der Waals surface area contributed by atoms with E-state index in [4.69, 9.17) is 9.26 Å². The summed E-state index contributed by atoms with van der Waals surface area (Å²) in [4.78, 5) is 7.08. The zero-order valence-electron chi connectivity index (χ0n) is 15.5. The molecule has 0 aromatic carbocycles. The Morgan fingerprint density at radius 1 is 1.23 bits per heavy atom. The van der Waals surface area contributed by atoms with E-state index >= 15 is 0 Å². The molecule has 0 amide bonds. The Bertz CT molecular complexity index is 685. The zero-order valence-corrected chi connectivity index (χ0v) is 15.5. The number of hydrogen-bond acceptors (Lipinski definition) is 7. The lowest BCUT2D eigenvalue weighted by molar-refractivity contribution is 0.0935. The Labute approximate surface area is 153 Å². The van der Waals surface area contributed by atoms with Crippen LogP contribution in [-0.4, -0.2) is 62.4 Å². The number of aromatic nitrogens is 5. The van der Waals surface area contributed by atoms with Crippen LogP contribution in [0.25, 0.3) is 11.6 Å². The highest BCUT2D eigenvalue weighted by atomic mass is 16.5. The molecule has 8 heteroatoms. The summed E-state index contributed by atoms with van der Waals surface area (Å²) >= 11 is 0. The van der Waals surface area contributed by atoms with E-state index in [0.717, 1.165) is 38.2 Å². The molecule has 0 saturated carbocycles. The van der Waals surface area contributed by atoms with Gasteiger partial charge in [-0.15, -0.1) is 5.10 Å². The lowest BCUT2D eigenvalue weighted by Gasteiger charge is -2.31. The van der Waals surface area contributed by atoms with Crippen molar-refractivity contribution in [2.24, 2.45) is 5.92 Å². The van der Waals surface area contributed by atoms with Gasteiger partial charge in [-0.3, -0.25) is 0 Å². The third-order valence-corrected chi connectivity index (χ3v) is 5.36. The monoisotopic (exact) mass is 360 g/mol. The minimum atomic E-state index is 0.237. The van der Waals surface area contributed by atoms with Crippen molar-refractivity contribution in [3.8, 4) is 11.6 Å². The fourth-order valence-electron chi connectivity index (χ4n) is 3.91. The number of piperidine rings is 1. The maximum absolute atomic E-state index is 5.64. The van der Waals surface area contributed by atoms with E-state index in [0.29, 0.717) is 17.5 Å². The molecule has 4 rings (SSSR count). The lowest BCUT2D eigenvalue weighted by atomic mass is 9.93. The summed E-state index contributed by atoms with van der Waals surface area (Å²) in [5.41, 5.74) is 0.638. The maximum Gasteiger partial charge on any atom is 0.280 e. The molecule has 0 N–H and O–H groups in total. The first-order chi connectivity index (χ1) is 12.8. The molecule has 2 saturated heterocycles. The third-order valence-electron chi connectivity index (χ3n) is 5.36. The molecule has 0 aliphatic carbocycles. The molecular weight excluding hydrogens is 332 g/mol. The molecule has 2 aromatic rings. The third kappa shape index (κ3) is 4.29. The Balaban J connectivity index is 1.31. The topological polar surface area (TPSA) is 82.1 Å². The predicted molar refractivity (Wildman–Crippen MR) is 95.4 cm³/mol. The van der Waals surface area contributed by atoms with E-state index in [-0.39, 0.29) is 6.10 Å². The number of nitrogens with zero attached hydrogens (tertiary/aromatic N) is 6. The first-order valence-electron chi connectivity index (χ1n) is 9.87. The molecular formula is C18H28N6O2. The van der Waals surface area contributed by atoms with Gasteiger partial charge in [-0.1, -0.05) is 17.3 Å². The van der Waals surface area contributed by atoms with Crippen LogP contribution in [0.2, 0.25) is 0 Å². The highest BCUT2D eigenvalue weighted by molar-refractivity contribution is 5.43. The van der Waals surface area contributed by atoms with E-state index in [9.17, 15) is 0 Å². The predicted octanol–water partition coefficient (Wildman–Crippen LogP) is 2.17. The quantitative estimate of drug-likeness (QED) is 0.748. The fraction of sp³-hybridized carbons (Fsp3) is 0.778. The van der Waals surface area contributed by atoms with Crippen molar-refractivity contribution in [1.29, 1.82) is 0 Å². The van der Waals surface area contributed by atoms with E-state index in [1.165, 1.54) is 38.9 Å². The Kier molecular flexibility index (Phi) is 5.59. The second-order valence-corrected chi connectivity index (χ2v) is 7.47. The minimum Gasteiger partial charge on any atom is -0.376 e. The van der Waals surface area contributed by atoms with Crippen LogP contribution < -0.4 is 0 Å². The Hall–Kier alpha value is -1.80. The molecule has 0 unspecified atom stereocenters. The zero-order chi connectivity index (χ0) is 17.8. The SMILES string of the molecule is CCCN1CCC(Cc2noc(-c3cn(C[C@H]4CCCO4)nn3)n2)CC1. The molecule has 0 radical (unpaired) electrons. The summed E-state index contributed by atoms with van der Waals surface area (Å²) in [5, 5.41) is 12.5. The van der Waals surface area contributed by atoms with E-state index < -0.39 is 0 Å². The molecule has 2 aliphatic heterocycles. The van der Waals surface area contributed by atoms with E-state index in [1.54, 1.807) is 4.68 Å². The molecule has 142 valence electrons. The van der Waals surface area contributed by atoms with Crippen molar-refractivity contribution in [1.82, 2.24) is 30.0 Å². The van der Waals surface area contributed by atoms with Crippen molar-refractivity contribution >= 4 is 0 Å². The van der Waals surface area contributed by atoms with E-state index in [2.05, 4.69) is 32.3 Å². The maximum atomic E-state index is 5.64. The molecule has 2 aromatic heterocycles. The number of rotatable bonds is 7. The van der Waals surface area contributed by atoms with Crippen LogP contribution in [0.15, 0.2) is 10.7 Å². The highest BCUT2D eigenvalue weighted by Crippen LogP contribution is 2.22. The first-order valence-corrected chi connectivity index (χ1v) is 9.87. The minimum absolute atomic E-state index is 0.237. The summed E-state index contributed by atoms with van der Waals surface area (Å²) in [6.07, 6.45) is 8.83. The summed E-state index contributed by atoms with van der Waals surface area (Å²) in [5.74, 6) is 1.88. The Morgan fingerprint density at radius 3 is 2.88 bits per heavy atom. The average Bonchev–Trinajstić information content (AvgIpc) is 3.39. The van der Waals surface area contributed by atoms with Gasteiger partial charge in [0.15, 0.2) is 11.5 Å².